The van der Waals surface area contributed by atoms with Gasteiger partial charge in [-0.25, -0.2) is 0 Å². The van der Waals surface area contributed by atoms with Crippen LogP contribution in [-0.4, -0.2) is 41.7 Å². The topological polar surface area (TPSA) is 29.5 Å². The van der Waals surface area contributed by atoms with E-state index in [0.717, 1.165) is 24.6 Å². The number of esters is 1. The molecule has 0 amide bonds. The number of carbonyl (C=O) groups is 1. The van der Waals surface area contributed by atoms with Gasteiger partial charge in [0.05, 0.1) is 6.61 Å². The Morgan fingerprint density at radius 2 is 2.22 bits per heavy atom. The second-order valence-corrected chi connectivity index (χ2v) is 5.32. The first kappa shape index (κ1) is 13.4. The van der Waals surface area contributed by atoms with Gasteiger partial charge >= 0.3 is 5.97 Å². The average Bonchev–Trinajstić information content (AvgIpc) is 2.86. The van der Waals surface area contributed by atoms with Crippen LogP contribution >= 0.6 is 11.8 Å². The second kappa shape index (κ2) is 6.81. The molecule has 2 rings (SSSR count). The van der Waals surface area contributed by atoms with Crippen molar-refractivity contribution in [2.45, 2.75) is 19.4 Å². The minimum Gasteiger partial charge on any atom is -0.465 e. The molecule has 1 aliphatic rings. The summed E-state index contributed by atoms with van der Waals surface area (Å²) >= 11 is 1.80. The monoisotopic (exact) mass is 265 g/mol. The molecule has 0 spiro atoms. The van der Waals surface area contributed by atoms with Crippen molar-refractivity contribution < 1.29 is 9.53 Å². The third kappa shape index (κ3) is 3.50. The molecule has 1 aromatic rings. The Labute approximate surface area is 113 Å². The van der Waals surface area contributed by atoms with Gasteiger partial charge in [0.2, 0.25) is 0 Å². The predicted octanol–water partition coefficient (Wildman–Crippen LogP) is 2.17. The van der Waals surface area contributed by atoms with E-state index in [1.165, 1.54) is 5.56 Å². The van der Waals surface area contributed by atoms with Crippen molar-refractivity contribution in [3.8, 4) is 0 Å². The highest BCUT2D eigenvalue weighted by Crippen LogP contribution is 2.22. The van der Waals surface area contributed by atoms with Gasteiger partial charge in [0.1, 0.15) is 6.04 Å². The highest BCUT2D eigenvalue weighted by atomic mass is 32.2. The van der Waals surface area contributed by atoms with Gasteiger partial charge in [0, 0.05) is 18.2 Å². The lowest BCUT2D eigenvalue weighted by molar-refractivity contribution is -0.147. The quantitative estimate of drug-likeness (QED) is 0.763. The molecule has 1 fully saturated rings. The van der Waals surface area contributed by atoms with E-state index in [-0.39, 0.29) is 12.0 Å². The van der Waals surface area contributed by atoms with Crippen molar-refractivity contribution in [3.63, 3.8) is 0 Å². The van der Waals surface area contributed by atoms with E-state index >= 15 is 0 Å². The molecule has 1 aromatic carbocycles. The van der Waals surface area contributed by atoms with Gasteiger partial charge in [-0.05, 0) is 18.9 Å². The Kier molecular flexibility index (Phi) is 5.08. The van der Waals surface area contributed by atoms with Gasteiger partial charge in [0.25, 0.3) is 0 Å². The molecule has 0 aromatic heterocycles. The molecule has 1 heterocycles. The Balaban J connectivity index is 1.86. The van der Waals surface area contributed by atoms with Crippen molar-refractivity contribution in [2.24, 2.45) is 0 Å². The molecule has 0 saturated carbocycles. The van der Waals surface area contributed by atoms with Gasteiger partial charge < -0.3 is 4.74 Å². The van der Waals surface area contributed by atoms with Crippen LogP contribution in [0.4, 0.5) is 0 Å². The van der Waals surface area contributed by atoms with E-state index in [0.29, 0.717) is 6.61 Å². The van der Waals surface area contributed by atoms with Crippen LogP contribution in [0.5, 0.6) is 0 Å². The number of carbonyl (C=O) groups excluding carboxylic acids is 1. The smallest absolute Gasteiger partial charge is 0.324 e. The fraction of sp³-hybridized carbons (Fsp3) is 0.500. The number of hydrogen-bond acceptors (Lipinski definition) is 4. The van der Waals surface area contributed by atoms with Crippen molar-refractivity contribution >= 4 is 17.7 Å². The van der Waals surface area contributed by atoms with Gasteiger partial charge in [0.15, 0.2) is 0 Å². The Morgan fingerprint density at radius 1 is 1.44 bits per heavy atom. The second-order valence-electron chi connectivity index (χ2n) is 4.32. The first-order valence-corrected chi connectivity index (χ1v) is 7.49. The van der Waals surface area contributed by atoms with Crippen LogP contribution in [0.25, 0.3) is 0 Å². The number of rotatable bonds is 5. The van der Waals surface area contributed by atoms with E-state index < -0.39 is 0 Å². The molecule has 18 heavy (non-hydrogen) atoms. The van der Waals surface area contributed by atoms with Crippen LogP contribution in [0.2, 0.25) is 0 Å². The van der Waals surface area contributed by atoms with Gasteiger partial charge in [-0.15, -0.1) is 11.8 Å². The zero-order valence-corrected chi connectivity index (χ0v) is 11.5. The number of thioether (sulfide) groups is 1. The number of benzene rings is 1. The summed E-state index contributed by atoms with van der Waals surface area (Å²) in [4.78, 5) is 14.0. The Morgan fingerprint density at radius 3 is 2.94 bits per heavy atom. The van der Waals surface area contributed by atoms with Gasteiger partial charge in [-0.3, -0.25) is 9.69 Å². The molecule has 1 atom stereocenters. The lowest BCUT2D eigenvalue weighted by Gasteiger charge is -2.21. The van der Waals surface area contributed by atoms with E-state index in [1.807, 2.05) is 13.0 Å². The molecule has 0 bridgehead atoms. The van der Waals surface area contributed by atoms with E-state index in [1.54, 1.807) is 11.8 Å². The Hall–Kier alpha value is -1.00. The van der Waals surface area contributed by atoms with Crippen LogP contribution in [0.3, 0.4) is 0 Å². The number of ether oxygens (including phenoxy) is 1. The highest BCUT2D eigenvalue weighted by Gasteiger charge is 2.31. The molecule has 3 nitrogen and oxygen atoms in total. The molecule has 1 saturated heterocycles. The van der Waals surface area contributed by atoms with Gasteiger partial charge in [-0.1, -0.05) is 30.3 Å². The van der Waals surface area contributed by atoms with Crippen molar-refractivity contribution in [3.05, 3.63) is 35.9 Å². The summed E-state index contributed by atoms with van der Waals surface area (Å²) in [6, 6.07) is 10.3. The summed E-state index contributed by atoms with van der Waals surface area (Å²) in [6.45, 7) is 3.24. The molecule has 0 unspecified atom stereocenters. The lowest BCUT2D eigenvalue weighted by atomic mass is 10.1. The van der Waals surface area contributed by atoms with Crippen LogP contribution in [0, 0.1) is 0 Å². The molecule has 0 aliphatic carbocycles. The van der Waals surface area contributed by atoms with Crippen molar-refractivity contribution in [2.75, 3.05) is 24.8 Å². The molecule has 4 heteroatoms. The third-order valence-corrected chi connectivity index (χ3v) is 4.13. The molecular weight excluding hydrogens is 246 g/mol. The van der Waals surface area contributed by atoms with Crippen LogP contribution < -0.4 is 0 Å². The molecule has 1 aliphatic heterocycles. The molecule has 0 N–H and O–H groups in total. The summed E-state index contributed by atoms with van der Waals surface area (Å²) in [7, 11) is 0. The number of hydrogen-bond donors (Lipinski definition) is 0. The van der Waals surface area contributed by atoms with Gasteiger partial charge in [-0.2, -0.15) is 0 Å². The first-order valence-electron chi connectivity index (χ1n) is 6.33. The van der Waals surface area contributed by atoms with Crippen molar-refractivity contribution in [1.82, 2.24) is 4.90 Å². The summed E-state index contributed by atoms with van der Waals surface area (Å²) < 4.78 is 5.11. The maximum absolute atomic E-state index is 11.8. The molecule has 0 radical (unpaired) electrons. The average molecular weight is 265 g/mol. The maximum atomic E-state index is 11.8. The minimum atomic E-state index is -0.0736. The van der Waals surface area contributed by atoms with Crippen LogP contribution in [0.1, 0.15) is 12.5 Å². The van der Waals surface area contributed by atoms with Crippen LogP contribution in [-0.2, 0) is 16.0 Å². The normalized spacial score (nSPS) is 19.9. The van der Waals surface area contributed by atoms with E-state index in [4.69, 9.17) is 4.74 Å². The van der Waals surface area contributed by atoms with E-state index in [9.17, 15) is 4.79 Å². The maximum Gasteiger partial charge on any atom is 0.324 e. The molecular formula is C14H19NO2S. The summed E-state index contributed by atoms with van der Waals surface area (Å²) in [6.07, 6.45) is 0.983. The number of nitrogens with zero attached hydrogens (tertiary/aromatic N) is 1. The highest BCUT2D eigenvalue weighted by molar-refractivity contribution is 7.99. The fourth-order valence-corrected chi connectivity index (χ4v) is 3.29. The standard InChI is InChI=1S/C14H19NO2S/c1-2-17-14(16)13-10-18-11-15(13)9-8-12-6-4-3-5-7-12/h3-7,13H,2,8-11H2,1H3/t13-/m0/s1. The Bertz CT molecular complexity index is 383. The summed E-state index contributed by atoms with van der Waals surface area (Å²) in [5.74, 6) is 1.71. The zero-order valence-electron chi connectivity index (χ0n) is 10.7. The summed E-state index contributed by atoms with van der Waals surface area (Å²) in [5.41, 5.74) is 1.32. The minimum absolute atomic E-state index is 0.0568. The van der Waals surface area contributed by atoms with Crippen LogP contribution in [0.15, 0.2) is 30.3 Å². The summed E-state index contributed by atoms with van der Waals surface area (Å²) in [5, 5.41) is 0. The third-order valence-electron chi connectivity index (χ3n) is 3.06. The van der Waals surface area contributed by atoms with Crippen molar-refractivity contribution in [1.29, 1.82) is 0 Å². The fourth-order valence-electron chi connectivity index (χ4n) is 2.07. The lowest BCUT2D eigenvalue weighted by Crippen LogP contribution is -2.40. The SMILES string of the molecule is CCOC(=O)[C@@H]1CSCN1CCc1ccccc1. The predicted molar refractivity (Wildman–Crippen MR) is 74.6 cm³/mol. The largest absolute Gasteiger partial charge is 0.465 e. The molecule has 98 valence electrons. The first-order chi connectivity index (χ1) is 8.81. The van der Waals surface area contributed by atoms with E-state index in [2.05, 4.69) is 29.2 Å². The zero-order chi connectivity index (χ0) is 12.8.